The number of halogens is 1. The Hall–Kier alpha value is -3.32. The van der Waals surface area contributed by atoms with Crippen molar-refractivity contribution >= 4 is 34.7 Å². The number of benzene rings is 2. The normalized spacial score (nSPS) is 10.3. The highest BCUT2D eigenvalue weighted by Gasteiger charge is 2.13. The molecule has 2 N–H and O–H groups in total. The summed E-state index contributed by atoms with van der Waals surface area (Å²) in [6.07, 6.45) is 0. The molecule has 0 saturated heterocycles. The van der Waals surface area contributed by atoms with Crippen LogP contribution in [0.25, 0.3) is 0 Å². The van der Waals surface area contributed by atoms with Crippen molar-refractivity contribution in [1.82, 2.24) is 10.2 Å². The van der Waals surface area contributed by atoms with Crippen LogP contribution < -0.4 is 20.1 Å². The Balaban J connectivity index is 1.73. The van der Waals surface area contributed by atoms with E-state index in [1.807, 2.05) is 31.2 Å². The number of methoxy groups -OCH3 is 2. The number of aryl methyl sites for hydroxylation is 1. The number of amides is 1. The van der Waals surface area contributed by atoms with Crippen LogP contribution in [0.1, 0.15) is 16.1 Å². The Morgan fingerprint density at radius 1 is 1.04 bits per heavy atom. The van der Waals surface area contributed by atoms with Crippen LogP contribution in [0.5, 0.6) is 11.5 Å². The molecule has 8 heteroatoms. The van der Waals surface area contributed by atoms with Gasteiger partial charge in [-0.3, -0.25) is 4.79 Å². The first-order valence-electron chi connectivity index (χ1n) is 8.40. The van der Waals surface area contributed by atoms with E-state index in [4.69, 9.17) is 21.1 Å². The summed E-state index contributed by atoms with van der Waals surface area (Å²) in [5.74, 6) is 1.29. The van der Waals surface area contributed by atoms with Crippen molar-refractivity contribution in [2.24, 2.45) is 0 Å². The molecule has 0 unspecified atom stereocenters. The van der Waals surface area contributed by atoms with Crippen LogP contribution in [-0.4, -0.2) is 30.3 Å². The Kier molecular flexibility index (Phi) is 5.96. The molecule has 3 aromatic rings. The molecule has 144 valence electrons. The molecule has 0 aliphatic rings. The van der Waals surface area contributed by atoms with Crippen molar-refractivity contribution in [3.8, 4) is 11.5 Å². The molecule has 0 atom stereocenters. The van der Waals surface area contributed by atoms with E-state index in [9.17, 15) is 4.79 Å². The fourth-order valence-corrected chi connectivity index (χ4v) is 2.64. The standard InChI is InChI=1S/C20H19ClN4O3/c1-12-9-17(18(28-3)11-15(12)21)23-20(26)16-7-8-19(25-24-16)22-13-5-4-6-14(10-13)27-2/h4-11H,1-3H3,(H,22,25)(H,23,26). The zero-order valence-corrected chi connectivity index (χ0v) is 16.4. The first-order valence-corrected chi connectivity index (χ1v) is 8.78. The van der Waals surface area contributed by atoms with Gasteiger partial charge in [-0.2, -0.15) is 0 Å². The minimum absolute atomic E-state index is 0.172. The summed E-state index contributed by atoms with van der Waals surface area (Å²) in [4.78, 5) is 12.5. The summed E-state index contributed by atoms with van der Waals surface area (Å²) >= 11 is 6.09. The lowest BCUT2D eigenvalue weighted by Gasteiger charge is -2.12. The summed E-state index contributed by atoms with van der Waals surface area (Å²) in [7, 11) is 3.11. The molecular formula is C20H19ClN4O3. The molecule has 0 aliphatic heterocycles. The molecule has 0 bridgehead atoms. The second-order valence-corrected chi connectivity index (χ2v) is 6.32. The largest absolute Gasteiger partial charge is 0.497 e. The lowest BCUT2D eigenvalue weighted by Crippen LogP contribution is -2.15. The fourth-order valence-electron chi connectivity index (χ4n) is 2.48. The van der Waals surface area contributed by atoms with Crippen LogP contribution in [0.3, 0.4) is 0 Å². The summed E-state index contributed by atoms with van der Waals surface area (Å²) in [5.41, 5.74) is 2.30. The number of ether oxygens (including phenoxy) is 2. The molecule has 28 heavy (non-hydrogen) atoms. The van der Waals surface area contributed by atoms with Crippen molar-refractivity contribution in [2.75, 3.05) is 24.9 Å². The van der Waals surface area contributed by atoms with E-state index in [1.54, 1.807) is 31.4 Å². The Bertz CT molecular complexity index is 993. The van der Waals surface area contributed by atoms with Crippen LogP contribution in [0.15, 0.2) is 48.5 Å². The van der Waals surface area contributed by atoms with Gasteiger partial charge in [0.1, 0.15) is 11.5 Å². The van der Waals surface area contributed by atoms with Gasteiger partial charge in [0.05, 0.1) is 19.9 Å². The van der Waals surface area contributed by atoms with E-state index in [1.165, 1.54) is 7.11 Å². The monoisotopic (exact) mass is 398 g/mol. The Morgan fingerprint density at radius 2 is 1.86 bits per heavy atom. The minimum Gasteiger partial charge on any atom is -0.497 e. The van der Waals surface area contributed by atoms with Gasteiger partial charge >= 0.3 is 0 Å². The predicted octanol–water partition coefficient (Wildman–Crippen LogP) is 4.45. The number of hydrogen-bond acceptors (Lipinski definition) is 6. The van der Waals surface area contributed by atoms with Gasteiger partial charge in [-0.25, -0.2) is 0 Å². The third-order valence-corrected chi connectivity index (χ3v) is 4.38. The highest BCUT2D eigenvalue weighted by molar-refractivity contribution is 6.31. The van der Waals surface area contributed by atoms with Crippen LogP contribution in [-0.2, 0) is 0 Å². The molecule has 3 rings (SSSR count). The van der Waals surface area contributed by atoms with Crippen LogP contribution >= 0.6 is 11.6 Å². The van der Waals surface area contributed by atoms with Gasteiger partial charge in [0.2, 0.25) is 0 Å². The topological polar surface area (TPSA) is 85.4 Å². The molecule has 2 aromatic carbocycles. The first-order chi connectivity index (χ1) is 13.5. The highest BCUT2D eigenvalue weighted by atomic mass is 35.5. The van der Waals surface area contributed by atoms with E-state index in [2.05, 4.69) is 20.8 Å². The maximum absolute atomic E-state index is 12.5. The van der Waals surface area contributed by atoms with E-state index in [-0.39, 0.29) is 5.69 Å². The molecule has 0 saturated carbocycles. The second kappa shape index (κ2) is 8.58. The number of rotatable bonds is 6. The van der Waals surface area contributed by atoms with Gasteiger partial charge in [0, 0.05) is 22.8 Å². The van der Waals surface area contributed by atoms with Crippen LogP contribution in [0.2, 0.25) is 5.02 Å². The highest BCUT2D eigenvalue weighted by Crippen LogP contribution is 2.31. The number of aromatic nitrogens is 2. The lowest BCUT2D eigenvalue weighted by atomic mass is 10.2. The molecule has 0 radical (unpaired) electrons. The number of anilines is 3. The second-order valence-electron chi connectivity index (χ2n) is 5.92. The van der Waals surface area contributed by atoms with Gasteiger partial charge in [-0.1, -0.05) is 17.7 Å². The molecular weight excluding hydrogens is 380 g/mol. The molecule has 7 nitrogen and oxygen atoms in total. The van der Waals surface area contributed by atoms with E-state index < -0.39 is 5.91 Å². The van der Waals surface area contributed by atoms with E-state index in [0.29, 0.717) is 22.3 Å². The molecule has 1 aromatic heterocycles. The average molecular weight is 399 g/mol. The Labute approximate surface area is 167 Å². The third-order valence-electron chi connectivity index (χ3n) is 3.97. The number of hydrogen-bond donors (Lipinski definition) is 2. The quantitative estimate of drug-likeness (QED) is 0.638. The van der Waals surface area contributed by atoms with Gasteiger partial charge < -0.3 is 20.1 Å². The van der Waals surface area contributed by atoms with Crippen LogP contribution in [0, 0.1) is 6.92 Å². The molecule has 1 amide bonds. The zero-order valence-electron chi connectivity index (χ0n) is 15.6. The van der Waals surface area contributed by atoms with Crippen molar-refractivity contribution < 1.29 is 14.3 Å². The summed E-state index contributed by atoms with van der Waals surface area (Å²) < 4.78 is 10.5. The average Bonchev–Trinajstić information content (AvgIpc) is 2.71. The van der Waals surface area contributed by atoms with Gasteiger partial charge in [-0.05, 0) is 42.8 Å². The number of carbonyl (C=O) groups excluding carboxylic acids is 1. The maximum atomic E-state index is 12.5. The maximum Gasteiger partial charge on any atom is 0.276 e. The van der Waals surface area contributed by atoms with Crippen LogP contribution in [0.4, 0.5) is 17.2 Å². The minimum atomic E-state index is -0.402. The predicted molar refractivity (Wildman–Crippen MR) is 109 cm³/mol. The summed E-state index contributed by atoms with van der Waals surface area (Å²) in [6.45, 7) is 1.84. The van der Waals surface area contributed by atoms with Crippen molar-refractivity contribution in [3.05, 3.63) is 64.8 Å². The number of nitrogens with one attached hydrogen (secondary N) is 2. The molecule has 0 fully saturated rings. The van der Waals surface area contributed by atoms with Gasteiger partial charge in [0.15, 0.2) is 11.5 Å². The summed E-state index contributed by atoms with van der Waals surface area (Å²) in [5, 5.41) is 14.5. The lowest BCUT2D eigenvalue weighted by molar-refractivity contribution is 0.102. The zero-order chi connectivity index (χ0) is 20.1. The number of carbonyl (C=O) groups is 1. The summed E-state index contributed by atoms with van der Waals surface area (Å²) in [6, 6.07) is 14.1. The Morgan fingerprint density at radius 3 is 2.54 bits per heavy atom. The first kappa shape index (κ1) is 19.4. The van der Waals surface area contributed by atoms with Crippen molar-refractivity contribution in [1.29, 1.82) is 0 Å². The van der Waals surface area contributed by atoms with E-state index in [0.717, 1.165) is 17.0 Å². The van der Waals surface area contributed by atoms with Crippen molar-refractivity contribution in [3.63, 3.8) is 0 Å². The van der Waals surface area contributed by atoms with Crippen molar-refractivity contribution in [2.45, 2.75) is 6.92 Å². The third kappa shape index (κ3) is 4.50. The fraction of sp³-hybridized carbons (Fsp3) is 0.150. The smallest absolute Gasteiger partial charge is 0.276 e. The van der Waals surface area contributed by atoms with Gasteiger partial charge in [0.25, 0.3) is 5.91 Å². The van der Waals surface area contributed by atoms with E-state index >= 15 is 0 Å². The van der Waals surface area contributed by atoms with Gasteiger partial charge in [-0.15, -0.1) is 10.2 Å². The SMILES string of the molecule is COc1cccc(Nc2ccc(C(=O)Nc3cc(C)c(Cl)cc3OC)nn2)c1. The molecule has 0 spiro atoms. The molecule has 1 heterocycles. The number of nitrogens with zero attached hydrogens (tertiary/aromatic N) is 2. The molecule has 0 aliphatic carbocycles.